The highest BCUT2D eigenvalue weighted by Gasteiger charge is 2.29. The average Bonchev–Trinajstić information content (AvgIpc) is 2.56. The van der Waals surface area contributed by atoms with Crippen molar-refractivity contribution in [1.29, 1.82) is 0 Å². The van der Waals surface area contributed by atoms with Crippen LogP contribution in [0.25, 0.3) is 11.3 Å². The summed E-state index contributed by atoms with van der Waals surface area (Å²) in [5, 5.41) is 24.4. The fraction of sp³-hybridized carbons (Fsp3) is 0.500. The number of rotatable bonds is 4. The summed E-state index contributed by atoms with van der Waals surface area (Å²) in [5.41, 5.74) is 1.73. The molecule has 6 heteroatoms. The Hall–Kier alpha value is -1.69. The molecule has 26 heavy (non-hydrogen) atoms. The number of hydrogen-bond acceptors (Lipinski definition) is 5. The normalized spacial score (nSPS) is 23.7. The maximum atomic E-state index is 10.3. The third kappa shape index (κ3) is 4.53. The first-order valence-corrected chi connectivity index (χ1v) is 9.36. The van der Waals surface area contributed by atoms with Crippen LogP contribution in [-0.4, -0.2) is 31.8 Å². The second kappa shape index (κ2) is 7.14. The lowest BCUT2D eigenvalue weighted by Gasteiger charge is -2.34. The summed E-state index contributed by atoms with van der Waals surface area (Å²) in [5.74, 6) is 0. The van der Waals surface area contributed by atoms with Crippen LogP contribution in [0, 0.1) is 0 Å². The van der Waals surface area contributed by atoms with E-state index in [1.807, 2.05) is 25.1 Å². The fourth-order valence-corrected chi connectivity index (χ4v) is 3.47. The Morgan fingerprint density at radius 2 is 1.92 bits per heavy atom. The van der Waals surface area contributed by atoms with Gasteiger partial charge in [-0.1, -0.05) is 11.6 Å². The first kappa shape index (κ1) is 19.1. The van der Waals surface area contributed by atoms with E-state index in [0.29, 0.717) is 5.15 Å². The maximum absolute atomic E-state index is 10.3. The zero-order valence-corrected chi connectivity index (χ0v) is 16.2. The summed E-state index contributed by atoms with van der Waals surface area (Å²) in [4.78, 5) is 8.66. The van der Waals surface area contributed by atoms with E-state index in [2.05, 4.69) is 15.3 Å². The Morgan fingerprint density at radius 1 is 1.23 bits per heavy atom. The van der Waals surface area contributed by atoms with Gasteiger partial charge in [0.25, 0.3) is 0 Å². The van der Waals surface area contributed by atoms with Crippen LogP contribution >= 0.6 is 11.6 Å². The molecule has 3 rings (SSSR count). The Kier molecular flexibility index (Phi) is 5.24. The number of pyridine rings is 2. The van der Waals surface area contributed by atoms with Crippen LogP contribution in [0.1, 0.15) is 52.0 Å². The summed E-state index contributed by atoms with van der Waals surface area (Å²) in [6.45, 7) is 5.39. The summed E-state index contributed by atoms with van der Waals surface area (Å²) in [6.07, 6.45) is 6.72. The molecule has 5 nitrogen and oxygen atoms in total. The minimum absolute atomic E-state index is 0.268. The smallest absolute Gasteiger partial charge is 0.131 e. The highest BCUT2D eigenvalue weighted by Crippen LogP contribution is 2.34. The van der Waals surface area contributed by atoms with Gasteiger partial charge in [0.15, 0.2) is 0 Å². The molecule has 0 atom stereocenters. The second-order valence-corrected chi connectivity index (χ2v) is 8.34. The number of aromatic nitrogens is 2. The molecule has 0 radical (unpaired) electrons. The van der Waals surface area contributed by atoms with Crippen molar-refractivity contribution in [3.63, 3.8) is 0 Å². The largest absolute Gasteiger partial charge is 0.390 e. The maximum Gasteiger partial charge on any atom is 0.131 e. The van der Waals surface area contributed by atoms with Crippen LogP contribution in [0.3, 0.4) is 0 Å². The van der Waals surface area contributed by atoms with Gasteiger partial charge in [0.2, 0.25) is 0 Å². The van der Waals surface area contributed by atoms with Gasteiger partial charge in [-0.25, -0.2) is 4.98 Å². The molecule has 0 unspecified atom stereocenters. The number of aliphatic hydroxyl groups is 2. The van der Waals surface area contributed by atoms with Crippen LogP contribution in [0.15, 0.2) is 30.6 Å². The predicted molar refractivity (Wildman–Crippen MR) is 104 cm³/mol. The van der Waals surface area contributed by atoms with Gasteiger partial charge in [0.05, 0.1) is 16.9 Å². The SMILES string of the molecule is CC1(O)CCC(Nc2cc(Cl)ncc2-c2cc(C(C)(C)O)ccn2)CC1. The Labute approximate surface area is 159 Å². The van der Waals surface area contributed by atoms with Gasteiger partial charge >= 0.3 is 0 Å². The van der Waals surface area contributed by atoms with Crippen molar-refractivity contribution < 1.29 is 10.2 Å². The van der Waals surface area contributed by atoms with Gasteiger partial charge < -0.3 is 15.5 Å². The van der Waals surface area contributed by atoms with Crippen molar-refractivity contribution in [2.24, 2.45) is 0 Å². The number of halogens is 1. The van der Waals surface area contributed by atoms with E-state index in [1.165, 1.54) is 0 Å². The Bertz CT molecular complexity index is 777. The van der Waals surface area contributed by atoms with E-state index in [4.69, 9.17) is 11.6 Å². The van der Waals surface area contributed by atoms with Crippen molar-refractivity contribution >= 4 is 17.3 Å². The van der Waals surface area contributed by atoms with Crippen molar-refractivity contribution in [1.82, 2.24) is 9.97 Å². The number of nitrogens with zero attached hydrogens (tertiary/aromatic N) is 2. The zero-order chi connectivity index (χ0) is 18.9. The average molecular weight is 376 g/mol. The minimum Gasteiger partial charge on any atom is -0.390 e. The van der Waals surface area contributed by atoms with E-state index < -0.39 is 11.2 Å². The molecule has 0 aromatic carbocycles. The second-order valence-electron chi connectivity index (χ2n) is 7.96. The molecule has 1 saturated carbocycles. The molecule has 2 heterocycles. The third-order valence-corrected chi connectivity index (χ3v) is 5.24. The van der Waals surface area contributed by atoms with Crippen LogP contribution in [0.2, 0.25) is 5.15 Å². The van der Waals surface area contributed by atoms with Crippen LogP contribution < -0.4 is 5.32 Å². The number of nitrogens with one attached hydrogen (secondary N) is 1. The summed E-state index contributed by atoms with van der Waals surface area (Å²) in [6, 6.07) is 5.76. The minimum atomic E-state index is -0.944. The monoisotopic (exact) mass is 375 g/mol. The Morgan fingerprint density at radius 3 is 2.58 bits per heavy atom. The molecule has 0 spiro atoms. The molecule has 0 amide bonds. The molecule has 1 fully saturated rings. The Balaban J connectivity index is 1.90. The molecule has 0 aliphatic heterocycles. The van der Waals surface area contributed by atoms with Crippen LogP contribution in [0.5, 0.6) is 0 Å². The molecular weight excluding hydrogens is 350 g/mol. The topological polar surface area (TPSA) is 78.3 Å². The van der Waals surface area contributed by atoms with Gasteiger partial charge in [-0.3, -0.25) is 4.98 Å². The molecule has 0 bridgehead atoms. The van der Waals surface area contributed by atoms with Crippen LogP contribution in [-0.2, 0) is 5.60 Å². The molecule has 2 aromatic rings. The first-order chi connectivity index (χ1) is 12.1. The lowest BCUT2D eigenvalue weighted by Crippen LogP contribution is -2.35. The molecular formula is C20H26ClN3O2. The zero-order valence-electron chi connectivity index (χ0n) is 15.5. The van der Waals surface area contributed by atoms with Crippen LogP contribution in [0.4, 0.5) is 5.69 Å². The van der Waals surface area contributed by atoms with Gasteiger partial charge in [-0.15, -0.1) is 0 Å². The predicted octanol–water partition coefficient (Wildman–Crippen LogP) is 4.13. The van der Waals surface area contributed by atoms with E-state index in [1.54, 1.807) is 26.2 Å². The summed E-state index contributed by atoms with van der Waals surface area (Å²) < 4.78 is 0. The van der Waals surface area contributed by atoms with Crippen molar-refractivity contribution in [2.45, 2.75) is 63.7 Å². The van der Waals surface area contributed by atoms with Gasteiger partial charge in [-0.05, 0) is 70.2 Å². The lowest BCUT2D eigenvalue weighted by molar-refractivity contribution is 0.0196. The van der Waals surface area contributed by atoms with Crippen molar-refractivity contribution in [3.8, 4) is 11.3 Å². The molecule has 1 aliphatic carbocycles. The fourth-order valence-electron chi connectivity index (χ4n) is 3.32. The molecule has 2 aromatic heterocycles. The standard InChI is InChI=1S/C20H26ClN3O2/c1-19(2,25)13-6-9-22-16(10-13)15-12-23-18(21)11-17(15)24-14-4-7-20(3,26)8-5-14/h6,9-12,14,25-26H,4-5,7-8H2,1-3H3,(H,23,24). The summed E-state index contributed by atoms with van der Waals surface area (Å²) >= 11 is 6.12. The van der Waals surface area contributed by atoms with Gasteiger partial charge in [0, 0.05) is 29.7 Å². The molecule has 140 valence electrons. The van der Waals surface area contributed by atoms with E-state index in [0.717, 1.165) is 48.2 Å². The van der Waals surface area contributed by atoms with Crippen molar-refractivity contribution in [3.05, 3.63) is 41.3 Å². The molecule has 3 N–H and O–H groups in total. The van der Waals surface area contributed by atoms with E-state index in [9.17, 15) is 10.2 Å². The molecule has 0 saturated heterocycles. The quantitative estimate of drug-likeness (QED) is 0.700. The van der Waals surface area contributed by atoms with Gasteiger partial charge in [0.1, 0.15) is 5.15 Å². The third-order valence-electron chi connectivity index (χ3n) is 5.04. The highest BCUT2D eigenvalue weighted by molar-refractivity contribution is 6.29. The first-order valence-electron chi connectivity index (χ1n) is 8.98. The number of anilines is 1. The molecule has 1 aliphatic rings. The van der Waals surface area contributed by atoms with Crippen molar-refractivity contribution in [2.75, 3.05) is 5.32 Å². The number of hydrogen-bond donors (Lipinski definition) is 3. The highest BCUT2D eigenvalue weighted by atomic mass is 35.5. The van der Waals surface area contributed by atoms with Gasteiger partial charge in [-0.2, -0.15) is 0 Å². The lowest BCUT2D eigenvalue weighted by atomic mass is 9.83. The summed E-state index contributed by atoms with van der Waals surface area (Å²) in [7, 11) is 0. The van der Waals surface area contributed by atoms with E-state index >= 15 is 0 Å². The van der Waals surface area contributed by atoms with E-state index in [-0.39, 0.29) is 6.04 Å².